The zero-order chi connectivity index (χ0) is 20.1. The van der Waals surface area contributed by atoms with E-state index in [-0.39, 0.29) is 37.3 Å². The molecule has 0 saturated heterocycles. The molecule has 0 aromatic heterocycles. The van der Waals surface area contributed by atoms with E-state index in [4.69, 9.17) is 5.11 Å². The maximum Gasteiger partial charge on any atom is 0.225 e. The minimum atomic E-state index is -0.646. The maximum absolute atomic E-state index is 12.5. The van der Waals surface area contributed by atoms with Crippen LogP contribution in [-0.4, -0.2) is 59.3 Å². The van der Waals surface area contributed by atoms with Crippen LogP contribution in [-0.2, 0) is 16.0 Å². The summed E-state index contributed by atoms with van der Waals surface area (Å²) in [7, 11) is 1.66. The molecule has 1 aliphatic rings. The molecular weight excluding hydrogens is 356 g/mol. The van der Waals surface area contributed by atoms with Crippen LogP contribution >= 0.6 is 0 Å². The zero-order valence-corrected chi connectivity index (χ0v) is 16.2. The summed E-state index contributed by atoms with van der Waals surface area (Å²) in [5.41, 5.74) is 0.914. The molecule has 0 spiro atoms. The lowest BCUT2D eigenvalue weighted by Crippen LogP contribution is -2.50. The third-order valence-electron chi connectivity index (χ3n) is 5.50. The van der Waals surface area contributed by atoms with Crippen LogP contribution in [0, 0.1) is 5.92 Å². The van der Waals surface area contributed by atoms with Gasteiger partial charge in [0.05, 0.1) is 25.2 Å². The van der Waals surface area contributed by atoms with Gasteiger partial charge in [-0.25, -0.2) is 0 Å². The molecule has 0 unspecified atom stereocenters. The van der Waals surface area contributed by atoms with Crippen LogP contribution in [0.4, 0.5) is 0 Å². The van der Waals surface area contributed by atoms with Crippen molar-refractivity contribution in [1.82, 2.24) is 10.2 Å². The fourth-order valence-corrected chi connectivity index (χ4v) is 3.90. The van der Waals surface area contributed by atoms with Crippen molar-refractivity contribution in [2.75, 3.05) is 20.2 Å². The van der Waals surface area contributed by atoms with Gasteiger partial charge in [0, 0.05) is 19.5 Å². The quantitative estimate of drug-likeness (QED) is 0.704. The number of benzene rings is 2. The van der Waals surface area contributed by atoms with E-state index in [0.29, 0.717) is 19.3 Å². The van der Waals surface area contributed by atoms with Gasteiger partial charge >= 0.3 is 0 Å². The van der Waals surface area contributed by atoms with Crippen LogP contribution in [0.15, 0.2) is 42.5 Å². The average molecular weight is 384 g/mol. The Balaban J connectivity index is 1.60. The molecule has 2 amide bonds. The van der Waals surface area contributed by atoms with Crippen molar-refractivity contribution in [2.45, 2.75) is 37.8 Å². The van der Waals surface area contributed by atoms with Crippen LogP contribution in [0.25, 0.3) is 10.8 Å². The maximum atomic E-state index is 12.5. The number of hydrogen-bond donors (Lipinski definition) is 3. The predicted molar refractivity (Wildman–Crippen MR) is 108 cm³/mol. The number of likely N-dealkylation sites (N-methyl/N-ethyl adjacent to an activating group) is 1. The topological polar surface area (TPSA) is 89.9 Å². The molecule has 28 heavy (non-hydrogen) atoms. The Hall–Kier alpha value is -2.44. The molecule has 150 valence electrons. The van der Waals surface area contributed by atoms with Crippen molar-refractivity contribution in [2.24, 2.45) is 5.92 Å². The minimum Gasteiger partial charge on any atom is -0.395 e. The number of hydrogen-bond acceptors (Lipinski definition) is 4. The monoisotopic (exact) mass is 384 g/mol. The first kappa shape index (κ1) is 20.3. The van der Waals surface area contributed by atoms with E-state index >= 15 is 0 Å². The number of nitrogens with zero attached hydrogens (tertiary/aromatic N) is 1. The Morgan fingerprint density at radius 1 is 1.14 bits per heavy atom. The molecule has 1 aliphatic carbocycles. The largest absolute Gasteiger partial charge is 0.395 e. The molecule has 1 saturated carbocycles. The fourth-order valence-electron chi connectivity index (χ4n) is 3.90. The van der Waals surface area contributed by atoms with Crippen LogP contribution in [0.1, 0.15) is 24.8 Å². The smallest absolute Gasteiger partial charge is 0.225 e. The van der Waals surface area contributed by atoms with Gasteiger partial charge in [-0.1, -0.05) is 42.5 Å². The third kappa shape index (κ3) is 4.88. The number of carbonyl (C=O) groups excluding carboxylic acids is 2. The highest BCUT2D eigenvalue weighted by molar-refractivity contribution is 5.85. The molecule has 0 radical (unpaired) electrons. The van der Waals surface area contributed by atoms with E-state index in [2.05, 4.69) is 5.32 Å². The number of amides is 2. The summed E-state index contributed by atoms with van der Waals surface area (Å²) in [4.78, 5) is 26.5. The molecule has 2 aromatic carbocycles. The Kier molecular flexibility index (Phi) is 6.65. The van der Waals surface area contributed by atoms with Gasteiger partial charge in [-0.2, -0.15) is 0 Å². The molecule has 3 N–H and O–H groups in total. The summed E-state index contributed by atoms with van der Waals surface area (Å²) in [6.07, 6.45) is 1.07. The van der Waals surface area contributed by atoms with Crippen molar-refractivity contribution in [3.8, 4) is 0 Å². The molecule has 3 atom stereocenters. The Labute approximate surface area is 165 Å². The minimum absolute atomic E-state index is 0.0465. The van der Waals surface area contributed by atoms with Gasteiger partial charge < -0.3 is 20.4 Å². The second-order valence-electron chi connectivity index (χ2n) is 7.59. The molecule has 0 aliphatic heterocycles. The highest BCUT2D eigenvalue weighted by Crippen LogP contribution is 2.26. The Morgan fingerprint density at radius 3 is 2.64 bits per heavy atom. The molecule has 0 heterocycles. The van der Waals surface area contributed by atoms with Crippen molar-refractivity contribution >= 4 is 22.6 Å². The summed E-state index contributed by atoms with van der Waals surface area (Å²) < 4.78 is 0. The van der Waals surface area contributed by atoms with E-state index in [1.165, 1.54) is 4.90 Å². The number of fused-ring (bicyclic) bond motifs is 1. The fraction of sp³-hybridized carbons (Fsp3) is 0.455. The van der Waals surface area contributed by atoms with Gasteiger partial charge in [0.15, 0.2) is 0 Å². The standard InChI is InChI=1S/C22H28N2O4/c1-24(10-11-25)22(28)18-8-9-20(26)19(14-18)23-21(27)13-15-6-7-16-4-2-3-5-17(16)12-15/h2-7,12,18-20,25-26H,8-11,13-14H2,1H3,(H,23,27)/t18-,19+,20+/m0/s1. The van der Waals surface area contributed by atoms with E-state index in [0.717, 1.165) is 16.3 Å². The van der Waals surface area contributed by atoms with Crippen LogP contribution in [0.5, 0.6) is 0 Å². The lowest BCUT2D eigenvalue weighted by atomic mass is 9.82. The lowest BCUT2D eigenvalue weighted by molar-refractivity contribution is -0.137. The third-order valence-corrected chi connectivity index (χ3v) is 5.50. The molecule has 6 heteroatoms. The first-order valence-corrected chi connectivity index (χ1v) is 9.79. The van der Waals surface area contributed by atoms with Gasteiger partial charge in [0.25, 0.3) is 0 Å². The molecule has 0 bridgehead atoms. The van der Waals surface area contributed by atoms with E-state index < -0.39 is 12.1 Å². The van der Waals surface area contributed by atoms with Crippen molar-refractivity contribution in [3.63, 3.8) is 0 Å². The van der Waals surface area contributed by atoms with E-state index in [9.17, 15) is 14.7 Å². The van der Waals surface area contributed by atoms with Gasteiger partial charge in [0.1, 0.15) is 0 Å². The van der Waals surface area contributed by atoms with E-state index in [1.807, 2.05) is 42.5 Å². The normalized spacial score (nSPS) is 22.0. The summed E-state index contributed by atoms with van der Waals surface area (Å²) in [6, 6.07) is 13.5. The number of rotatable bonds is 6. The number of aliphatic hydroxyl groups excluding tert-OH is 2. The number of carbonyl (C=O) groups is 2. The summed E-state index contributed by atoms with van der Waals surface area (Å²) in [5.74, 6) is -0.447. The highest BCUT2D eigenvalue weighted by Gasteiger charge is 2.34. The predicted octanol–water partition coefficient (Wildman–Crippen LogP) is 1.48. The lowest BCUT2D eigenvalue weighted by Gasteiger charge is -2.34. The molecule has 2 aromatic rings. The first-order chi connectivity index (χ1) is 13.5. The number of nitrogens with one attached hydrogen (secondary N) is 1. The van der Waals surface area contributed by atoms with Gasteiger partial charge in [-0.05, 0) is 35.6 Å². The van der Waals surface area contributed by atoms with Crippen molar-refractivity contribution < 1.29 is 19.8 Å². The zero-order valence-electron chi connectivity index (χ0n) is 16.2. The van der Waals surface area contributed by atoms with Crippen LogP contribution in [0.3, 0.4) is 0 Å². The molecule has 1 fully saturated rings. The van der Waals surface area contributed by atoms with Crippen molar-refractivity contribution in [1.29, 1.82) is 0 Å². The van der Waals surface area contributed by atoms with E-state index in [1.54, 1.807) is 7.05 Å². The molecule has 3 rings (SSSR count). The Bertz CT molecular complexity index is 838. The average Bonchev–Trinajstić information content (AvgIpc) is 2.69. The first-order valence-electron chi connectivity index (χ1n) is 9.79. The second kappa shape index (κ2) is 9.17. The molecule has 6 nitrogen and oxygen atoms in total. The van der Waals surface area contributed by atoms with Gasteiger partial charge in [-0.3, -0.25) is 9.59 Å². The van der Waals surface area contributed by atoms with Crippen LogP contribution in [0.2, 0.25) is 0 Å². The van der Waals surface area contributed by atoms with Gasteiger partial charge in [-0.15, -0.1) is 0 Å². The summed E-state index contributed by atoms with van der Waals surface area (Å²) >= 11 is 0. The van der Waals surface area contributed by atoms with Gasteiger partial charge in [0.2, 0.25) is 11.8 Å². The SMILES string of the molecule is CN(CCO)C(=O)[C@H]1CC[C@@H](O)[C@H](NC(=O)Cc2ccc3ccccc3c2)C1. The Morgan fingerprint density at radius 2 is 1.89 bits per heavy atom. The summed E-state index contributed by atoms with van der Waals surface area (Å²) in [6.45, 7) is 0.209. The van der Waals surface area contributed by atoms with Crippen molar-refractivity contribution in [3.05, 3.63) is 48.0 Å². The second-order valence-corrected chi connectivity index (χ2v) is 7.59. The van der Waals surface area contributed by atoms with Crippen LogP contribution < -0.4 is 5.32 Å². The molecular formula is C22H28N2O4. The highest BCUT2D eigenvalue weighted by atomic mass is 16.3. The number of aliphatic hydroxyl groups is 2. The summed E-state index contributed by atoms with van der Waals surface area (Å²) in [5, 5.41) is 24.4.